The largest absolute Gasteiger partial charge is 0.478 e. The normalized spacial score (nSPS) is 22.7. The molecule has 114 valence electrons. The Morgan fingerprint density at radius 2 is 1.95 bits per heavy atom. The number of rotatable bonds is 5. The summed E-state index contributed by atoms with van der Waals surface area (Å²) in [6, 6.07) is 6.58. The highest BCUT2D eigenvalue weighted by Crippen LogP contribution is 2.27. The molecule has 1 aromatic rings. The molecule has 0 amide bonds. The number of benzene rings is 1. The van der Waals surface area contributed by atoms with Gasteiger partial charge >= 0.3 is 5.97 Å². The molecule has 2 N–H and O–H groups in total. The highest BCUT2D eigenvalue weighted by Gasteiger charge is 2.27. The minimum atomic E-state index is -3.51. The van der Waals surface area contributed by atoms with Crippen molar-refractivity contribution in [2.45, 2.75) is 37.1 Å². The minimum Gasteiger partial charge on any atom is -0.478 e. The van der Waals surface area contributed by atoms with Gasteiger partial charge in [-0.05, 0) is 44.2 Å². The highest BCUT2D eigenvalue weighted by atomic mass is 32.2. The molecule has 0 aliphatic heterocycles. The summed E-state index contributed by atoms with van der Waals surface area (Å²) in [6.07, 6.45) is 4.92. The average molecular weight is 309 g/mol. The van der Waals surface area contributed by atoms with Crippen LogP contribution in [-0.2, 0) is 14.8 Å². The lowest BCUT2D eigenvalue weighted by molar-refractivity contribution is -0.131. The number of aliphatic carboxylic acids is 1. The zero-order valence-corrected chi connectivity index (χ0v) is 12.6. The first-order valence-electron chi connectivity index (χ1n) is 6.87. The molecule has 0 bridgehead atoms. The third-order valence-corrected chi connectivity index (χ3v) is 5.17. The van der Waals surface area contributed by atoms with Gasteiger partial charge in [0.1, 0.15) is 0 Å². The van der Waals surface area contributed by atoms with Crippen molar-refractivity contribution < 1.29 is 18.3 Å². The molecule has 2 atom stereocenters. The van der Waals surface area contributed by atoms with Gasteiger partial charge in [-0.15, -0.1) is 0 Å². The fourth-order valence-electron chi connectivity index (χ4n) is 2.52. The Bertz CT molecular complexity index is 634. The molecule has 6 heteroatoms. The second-order valence-electron chi connectivity index (χ2n) is 5.40. The molecule has 1 fully saturated rings. The number of aryl methyl sites for hydroxylation is 1. The predicted octanol–water partition coefficient (Wildman–Crippen LogP) is 2.08. The Morgan fingerprint density at radius 1 is 1.29 bits per heavy atom. The number of carboxylic acid groups (broad SMARTS) is 1. The molecule has 21 heavy (non-hydrogen) atoms. The summed E-state index contributed by atoms with van der Waals surface area (Å²) in [5.41, 5.74) is 1.01. The lowest BCUT2D eigenvalue weighted by atomic mass is 10.1. The molecule has 1 aliphatic carbocycles. The van der Waals surface area contributed by atoms with Crippen LogP contribution in [0.1, 0.15) is 24.8 Å². The maximum Gasteiger partial charge on any atom is 0.327 e. The molecule has 1 saturated carbocycles. The van der Waals surface area contributed by atoms with Gasteiger partial charge in [-0.25, -0.2) is 17.9 Å². The van der Waals surface area contributed by atoms with Crippen LogP contribution < -0.4 is 4.72 Å². The third kappa shape index (κ3) is 4.41. The number of allylic oxidation sites excluding steroid dienone is 1. The van der Waals surface area contributed by atoms with Gasteiger partial charge < -0.3 is 5.11 Å². The second-order valence-corrected chi connectivity index (χ2v) is 7.12. The predicted molar refractivity (Wildman–Crippen MR) is 79.4 cm³/mol. The van der Waals surface area contributed by atoms with Crippen LogP contribution in [0.4, 0.5) is 0 Å². The van der Waals surface area contributed by atoms with E-state index in [1.54, 1.807) is 30.3 Å². The van der Waals surface area contributed by atoms with Gasteiger partial charge in [0.2, 0.25) is 10.0 Å². The summed E-state index contributed by atoms with van der Waals surface area (Å²) in [5.74, 6) is -0.856. The van der Waals surface area contributed by atoms with Gasteiger partial charge in [-0.2, -0.15) is 0 Å². The number of carbonyl (C=O) groups is 1. The number of nitrogens with one attached hydrogen (secondary N) is 1. The first-order valence-corrected chi connectivity index (χ1v) is 8.35. The smallest absolute Gasteiger partial charge is 0.327 e. The molecule has 2 unspecified atom stereocenters. The van der Waals surface area contributed by atoms with E-state index in [9.17, 15) is 13.2 Å². The van der Waals surface area contributed by atoms with Crippen molar-refractivity contribution >= 4 is 16.0 Å². The highest BCUT2D eigenvalue weighted by molar-refractivity contribution is 7.89. The van der Waals surface area contributed by atoms with E-state index in [0.717, 1.165) is 24.5 Å². The number of carboxylic acids is 1. The molecule has 0 saturated heterocycles. The standard InChI is InChI=1S/C15H19NO4S/c1-11-2-7-14(8-3-11)21(19,20)16-13-6-4-12(10-13)5-9-15(17)18/h2-3,5,7-9,12-13,16H,4,6,10H2,1H3,(H,17,18). The van der Waals surface area contributed by atoms with Crippen LogP contribution >= 0.6 is 0 Å². The van der Waals surface area contributed by atoms with Crippen molar-refractivity contribution in [3.8, 4) is 0 Å². The fraction of sp³-hybridized carbons (Fsp3) is 0.400. The van der Waals surface area contributed by atoms with Crippen LogP contribution in [0.25, 0.3) is 0 Å². The maximum atomic E-state index is 12.2. The Morgan fingerprint density at radius 3 is 2.57 bits per heavy atom. The molecule has 1 aromatic carbocycles. The van der Waals surface area contributed by atoms with Crippen LogP contribution in [0.2, 0.25) is 0 Å². The summed E-state index contributed by atoms with van der Waals surface area (Å²) in [6.45, 7) is 1.90. The molecule has 0 heterocycles. The molecule has 0 aromatic heterocycles. The summed E-state index contributed by atoms with van der Waals surface area (Å²) >= 11 is 0. The molecule has 1 aliphatic rings. The van der Waals surface area contributed by atoms with Crippen LogP contribution in [0.15, 0.2) is 41.3 Å². The molecule has 2 rings (SSSR count). The van der Waals surface area contributed by atoms with Gasteiger partial charge in [0.05, 0.1) is 4.90 Å². The van der Waals surface area contributed by atoms with Crippen molar-refractivity contribution in [3.63, 3.8) is 0 Å². The Kier molecular flexibility index (Phi) is 4.80. The van der Waals surface area contributed by atoms with E-state index in [2.05, 4.69) is 4.72 Å². The average Bonchev–Trinajstić information content (AvgIpc) is 2.84. The quantitative estimate of drug-likeness (QED) is 0.816. The summed E-state index contributed by atoms with van der Waals surface area (Å²) < 4.78 is 27.2. The topological polar surface area (TPSA) is 83.5 Å². The van der Waals surface area contributed by atoms with E-state index in [1.165, 1.54) is 0 Å². The molecular formula is C15H19NO4S. The zero-order valence-electron chi connectivity index (χ0n) is 11.8. The van der Waals surface area contributed by atoms with Gasteiger partial charge in [0.15, 0.2) is 0 Å². The monoisotopic (exact) mass is 309 g/mol. The lowest BCUT2D eigenvalue weighted by Crippen LogP contribution is -2.32. The lowest BCUT2D eigenvalue weighted by Gasteiger charge is -2.13. The summed E-state index contributed by atoms with van der Waals surface area (Å²) in [4.78, 5) is 10.7. The van der Waals surface area contributed by atoms with E-state index in [0.29, 0.717) is 6.42 Å². The number of sulfonamides is 1. The van der Waals surface area contributed by atoms with Crippen LogP contribution in [0.5, 0.6) is 0 Å². The Hall–Kier alpha value is -1.66. The second kappa shape index (κ2) is 6.41. The van der Waals surface area contributed by atoms with E-state index < -0.39 is 16.0 Å². The van der Waals surface area contributed by atoms with Gasteiger partial charge in [0.25, 0.3) is 0 Å². The zero-order chi connectivity index (χ0) is 15.5. The summed E-state index contributed by atoms with van der Waals surface area (Å²) in [7, 11) is -3.51. The van der Waals surface area contributed by atoms with Gasteiger partial charge in [-0.1, -0.05) is 23.8 Å². The van der Waals surface area contributed by atoms with E-state index in [4.69, 9.17) is 5.11 Å². The Balaban J connectivity index is 1.99. The van der Waals surface area contributed by atoms with Gasteiger partial charge in [-0.3, -0.25) is 0 Å². The maximum absolute atomic E-state index is 12.2. The van der Waals surface area contributed by atoms with Crippen molar-refractivity contribution in [1.82, 2.24) is 4.72 Å². The van der Waals surface area contributed by atoms with E-state index >= 15 is 0 Å². The van der Waals surface area contributed by atoms with Crippen LogP contribution in [0.3, 0.4) is 0 Å². The summed E-state index contributed by atoms with van der Waals surface area (Å²) in [5, 5.41) is 8.60. The van der Waals surface area contributed by atoms with Crippen molar-refractivity contribution in [1.29, 1.82) is 0 Å². The molecular weight excluding hydrogens is 290 g/mol. The molecule has 0 radical (unpaired) electrons. The van der Waals surface area contributed by atoms with Crippen LogP contribution in [0, 0.1) is 12.8 Å². The SMILES string of the molecule is Cc1ccc(S(=O)(=O)NC2CCC(C=CC(=O)O)C2)cc1. The van der Waals surface area contributed by atoms with Crippen molar-refractivity contribution in [3.05, 3.63) is 42.0 Å². The molecule has 5 nitrogen and oxygen atoms in total. The fourth-order valence-corrected chi connectivity index (χ4v) is 3.80. The first kappa shape index (κ1) is 15.7. The van der Waals surface area contributed by atoms with Crippen LogP contribution in [-0.4, -0.2) is 25.5 Å². The molecule has 0 spiro atoms. The third-order valence-electron chi connectivity index (χ3n) is 3.64. The van der Waals surface area contributed by atoms with Gasteiger partial charge in [0, 0.05) is 12.1 Å². The van der Waals surface area contributed by atoms with Crippen molar-refractivity contribution in [2.75, 3.05) is 0 Å². The van der Waals surface area contributed by atoms with E-state index in [-0.39, 0.29) is 16.9 Å². The first-order chi connectivity index (χ1) is 9.87. The van der Waals surface area contributed by atoms with Crippen molar-refractivity contribution in [2.24, 2.45) is 5.92 Å². The number of hydrogen-bond donors (Lipinski definition) is 2. The number of hydrogen-bond acceptors (Lipinski definition) is 3. The Labute approximate surface area is 124 Å². The van der Waals surface area contributed by atoms with E-state index in [1.807, 2.05) is 6.92 Å². The minimum absolute atomic E-state index is 0.117.